The van der Waals surface area contributed by atoms with E-state index in [4.69, 9.17) is 9.72 Å². The highest BCUT2D eigenvalue weighted by Crippen LogP contribution is 2.31. The highest BCUT2D eigenvalue weighted by Gasteiger charge is 2.19. The number of hydrogen-bond acceptors (Lipinski definition) is 7. The summed E-state index contributed by atoms with van der Waals surface area (Å²) in [6.45, 7) is 4.88. The van der Waals surface area contributed by atoms with Crippen LogP contribution in [0.2, 0.25) is 0 Å². The van der Waals surface area contributed by atoms with Gasteiger partial charge >= 0.3 is 5.97 Å². The summed E-state index contributed by atoms with van der Waals surface area (Å²) in [6, 6.07) is 22.0. The molecule has 0 aliphatic rings. The van der Waals surface area contributed by atoms with E-state index in [2.05, 4.69) is 62.4 Å². The van der Waals surface area contributed by atoms with Gasteiger partial charge in [0.05, 0.1) is 29.7 Å². The molecule has 1 N–H and O–H groups in total. The first-order valence-corrected chi connectivity index (χ1v) is 12.9. The van der Waals surface area contributed by atoms with E-state index in [0.29, 0.717) is 24.5 Å². The minimum absolute atomic E-state index is 0.327. The molecule has 2 aromatic heterocycles. The average Bonchev–Trinajstić information content (AvgIpc) is 3.57. The molecule has 36 heavy (non-hydrogen) atoms. The molecule has 0 saturated heterocycles. The number of fused-ring (bicyclic) bond motifs is 1. The topological polar surface area (TPSA) is 98.6 Å². The number of tetrazole rings is 1. The Morgan fingerprint density at radius 2 is 1.81 bits per heavy atom. The maximum atomic E-state index is 12.7. The lowest BCUT2D eigenvalue weighted by molar-refractivity contribution is 0.0528. The number of benzene rings is 3. The van der Waals surface area contributed by atoms with Gasteiger partial charge in [0, 0.05) is 11.3 Å². The van der Waals surface area contributed by atoms with Crippen LogP contribution in [-0.4, -0.2) is 48.5 Å². The number of rotatable bonds is 9. The van der Waals surface area contributed by atoms with Gasteiger partial charge in [-0.3, -0.25) is 0 Å². The smallest absolute Gasteiger partial charge is 0.340 e. The summed E-state index contributed by atoms with van der Waals surface area (Å²) in [5.41, 5.74) is 6.25. The van der Waals surface area contributed by atoms with E-state index in [9.17, 15) is 4.79 Å². The highest BCUT2D eigenvalue weighted by molar-refractivity contribution is 7.99. The number of aromatic amines is 1. The Morgan fingerprint density at radius 1 is 1.00 bits per heavy atom. The van der Waals surface area contributed by atoms with Crippen molar-refractivity contribution in [1.29, 1.82) is 0 Å². The minimum atomic E-state index is -0.329. The number of ether oxygens (including phenoxy) is 1. The molecule has 0 spiro atoms. The summed E-state index contributed by atoms with van der Waals surface area (Å²) in [5.74, 6) is 1.18. The number of para-hydroxylation sites is 1. The Bertz CT molecular complexity index is 1480. The van der Waals surface area contributed by atoms with Crippen LogP contribution in [0.15, 0.2) is 71.9 Å². The first kappa shape index (κ1) is 23.7. The molecule has 0 bridgehead atoms. The van der Waals surface area contributed by atoms with Crippen LogP contribution in [-0.2, 0) is 11.3 Å². The SMILES string of the molecule is CCCSc1nc2cccc(C(=O)OCC)c2n1Cc1ccc(-c2ccccc2-c2nn[nH]n2)cc1. The molecule has 0 saturated carbocycles. The van der Waals surface area contributed by atoms with Crippen molar-refractivity contribution < 1.29 is 9.53 Å². The summed E-state index contributed by atoms with van der Waals surface area (Å²) in [6.07, 6.45) is 1.03. The number of nitrogens with one attached hydrogen (secondary N) is 1. The molecule has 9 heteroatoms. The lowest BCUT2D eigenvalue weighted by Crippen LogP contribution is -2.09. The molecule has 0 aliphatic carbocycles. The maximum absolute atomic E-state index is 12.7. The molecule has 0 unspecified atom stereocenters. The molecular formula is C27H26N6O2S. The Kier molecular flexibility index (Phi) is 7.08. The fourth-order valence-electron chi connectivity index (χ4n) is 4.17. The molecule has 0 aliphatic heterocycles. The van der Waals surface area contributed by atoms with Gasteiger partial charge < -0.3 is 9.30 Å². The van der Waals surface area contributed by atoms with Crippen LogP contribution in [0.5, 0.6) is 0 Å². The number of carbonyl (C=O) groups excluding carboxylic acids is 1. The van der Waals surface area contributed by atoms with Crippen molar-refractivity contribution in [2.75, 3.05) is 12.4 Å². The summed E-state index contributed by atoms with van der Waals surface area (Å²) in [5, 5.41) is 15.4. The van der Waals surface area contributed by atoms with Crippen molar-refractivity contribution in [2.45, 2.75) is 32.0 Å². The Labute approximate surface area is 213 Å². The van der Waals surface area contributed by atoms with Crippen molar-refractivity contribution in [3.63, 3.8) is 0 Å². The lowest BCUT2D eigenvalue weighted by atomic mass is 9.98. The number of esters is 1. The number of aromatic nitrogens is 6. The second kappa shape index (κ2) is 10.7. The predicted octanol–water partition coefficient (Wildman–Crippen LogP) is 5.61. The number of imidazole rings is 1. The van der Waals surface area contributed by atoms with Crippen LogP contribution in [0.25, 0.3) is 33.5 Å². The minimum Gasteiger partial charge on any atom is -0.462 e. The van der Waals surface area contributed by atoms with Gasteiger partial charge in [0.2, 0.25) is 5.82 Å². The van der Waals surface area contributed by atoms with Crippen molar-refractivity contribution >= 4 is 28.8 Å². The average molecular weight is 499 g/mol. The third kappa shape index (κ3) is 4.74. The number of H-pyrrole nitrogens is 1. The van der Waals surface area contributed by atoms with E-state index in [1.54, 1.807) is 11.8 Å². The van der Waals surface area contributed by atoms with Crippen LogP contribution in [0.4, 0.5) is 0 Å². The van der Waals surface area contributed by atoms with Gasteiger partial charge in [-0.2, -0.15) is 5.21 Å². The molecule has 5 rings (SSSR count). The van der Waals surface area contributed by atoms with Crippen LogP contribution in [0.3, 0.4) is 0 Å². The zero-order chi connectivity index (χ0) is 24.9. The molecule has 5 aromatic rings. The standard InChI is InChI=1S/C27H26N6O2S/c1-3-16-36-27-28-23-11-7-10-22(26(34)35-4-2)24(23)33(27)17-18-12-14-19(15-13-18)20-8-5-6-9-21(20)25-29-31-32-30-25/h5-15H,3-4,16-17H2,1-2H3,(H,29,30,31,32). The Morgan fingerprint density at radius 3 is 2.53 bits per heavy atom. The fraction of sp³-hybridized carbons (Fsp3) is 0.222. The Hall–Kier alpha value is -3.98. The van der Waals surface area contributed by atoms with Crippen LogP contribution in [0, 0.1) is 0 Å². The van der Waals surface area contributed by atoms with Crippen LogP contribution in [0.1, 0.15) is 36.2 Å². The molecule has 8 nitrogen and oxygen atoms in total. The fourth-order valence-corrected chi connectivity index (χ4v) is 5.03. The zero-order valence-corrected chi connectivity index (χ0v) is 21.0. The van der Waals surface area contributed by atoms with Gasteiger partial charge in [0.25, 0.3) is 0 Å². The normalized spacial score (nSPS) is 11.2. The van der Waals surface area contributed by atoms with E-state index >= 15 is 0 Å². The first-order valence-electron chi connectivity index (χ1n) is 11.9. The van der Waals surface area contributed by atoms with E-state index in [0.717, 1.165) is 50.6 Å². The molecule has 3 aromatic carbocycles. The third-order valence-corrected chi connectivity index (χ3v) is 6.96. The summed E-state index contributed by atoms with van der Waals surface area (Å²) >= 11 is 1.70. The molecular weight excluding hydrogens is 472 g/mol. The molecule has 0 amide bonds. The molecule has 182 valence electrons. The van der Waals surface area contributed by atoms with Crippen molar-refractivity contribution in [2.24, 2.45) is 0 Å². The van der Waals surface area contributed by atoms with Crippen LogP contribution >= 0.6 is 11.8 Å². The van der Waals surface area contributed by atoms with Gasteiger partial charge in [-0.25, -0.2) is 9.78 Å². The maximum Gasteiger partial charge on any atom is 0.340 e. The molecule has 2 heterocycles. The molecule has 0 atom stereocenters. The monoisotopic (exact) mass is 498 g/mol. The first-order chi connectivity index (χ1) is 17.7. The summed E-state index contributed by atoms with van der Waals surface area (Å²) in [7, 11) is 0. The third-order valence-electron chi connectivity index (χ3n) is 5.78. The quantitative estimate of drug-likeness (QED) is 0.208. The summed E-state index contributed by atoms with van der Waals surface area (Å²) in [4.78, 5) is 17.6. The van der Waals surface area contributed by atoms with Crippen molar-refractivity contribution in [3.8, 4) is 22.5 Å². The van der Waals surface area contributed by atoms with E-state index in [1.807, 2.05) is 43.3 Å². The van der Waals surface area contributed by atoms with Gasteiger partial charge in [0.1, 0.15) is 0 Å². The van der Waals surface area contributed by atoms with E-state index in [-0.39, 0.29) is 5.97 Å². The Balaban J connectivity index is 1.52. The van der Waals surface area contributed by atoms with Gasteiger partial charge in [-0.05, 0) is 47.4 Å². The largest absolute Gasteiger partial charge is 0.462 e. The van der Waals surface area contributed by atoms with Gasteiger partial charge in [-0.15, -0.1) is 10.2 Å². The lowest BCUT2D eigenvalue weighted by Gasteiger charge is -2.12. The van der Waals surface area contributed by atoms with Gasteiger partial charge in [-0.1, -0.05) is 73.3 Å². The predicted molar refractivity (Wildman–Crippen MR) is 141 cm³/mol. The van der Waals surface area contributed by atoms with E-state index < -0.39 is 0 Å². The zero-order valence-electron chi connectivity index (χ0n) is 20.1. The second-order valence-corrected chi connectivity index (χ2v) is 9.26. The molecule has 0 fully saturated rings. The van der Waals surface area contributed by atoms with E-state index in [1.165, 1.54) is 0 Å². The highest BCUT2D eigenvalue weighted by atomic mass is 32.2. The molecule has 0 radical (unpaired) electrons. The number of thioether (sulfide) groups is 1. The van der Waals surface area contributed by atoms with Crippen LogP contribution < -0.4 is 0 Å². The second-order valence-electron chi connectivity index (χ2n) is 8.20. The number of carbonyl (C=O) groups is 1. The number of hydrogen-bond donors (Lipinski definition) is 1. The van der Waals surface area contributed by atoms with Crippen molar-refractivity contribution in [1.82, 2.24) is 30.2 Å². The van der Waals surface area contributed by atoms with Gasteiger partial charge in [0.15, 0.2) is 5.16 Å². The number of nitrogens with zero attached hydrogens (tertiary/aromatic N) is 5. The van der Waals surface area contributed by atoms with Crippen molar-refractivity contribution in [3.05, 3.63) is 77.9 Å². The summed E-state index contributed by atoms with van der Waals surface area (Å²) < 4.78 is 7.46.